The van der Waals surface area contributed by atoms with Crippen LogP contribution in [0.1, 0.15) is 34.7 Å². The van der Waals surface area contributed by atoms with E-state index < -0.39 is 0 Å². The first kappa shape index (κ1) is 21.1. The molecule has 0 spiro atoms. The Morgan fingerprint density at radius 3 is 2.48 bits per heavy atom. The molecule has 0 saturated carbocycles. The van der Waals surface area contributed by atoms with Crippen LogP contribution in [0, 0.1) is 5.92 Å². The van der Waals surface area contributed by atoms with Crippen LogP contribution >= 0.6 is 0 Å². The van der Waals surface area contributed by atoms with E-state index in [1.165, 1.54) is 16.7 Å². The van der Waals surface area contributed by atoms with Crippen molar-refractivity contribution in [3.8, 4) is 5.75 Å². The number of amides is 1. The minimum Gasteiger partial charge on any atom is -0.496 e. The zero-order chi connectivity index (χ0) is 21.6. The van der Waals surface area contributed by atoms with Gasteiger partial charge in [0.25, 0.3) is 0 Å². The molecule has 3 aromatic carbocycles. The number of hydrogen-bond donors (Lipinski definition) is 1. The van der Waals surface area contributed by atoms with Crippen molar-refractivity contribution in [2.75, 3.05) is 13.7 Å². The summed E-state index contributed by atoms with van der Waals surface area (Å²) in [6, 6.07) is 26.9. The van der Waals surface area contributed by atoms with E-state index >= 15 is 0 Å². The average Bonchev–Trinajstić information content (AvgIpc) is 2.83. The molecule has 1 amide bonds. The molecule has 4 rings (SSSR count). The van der Waals surface area contributed by atoms with Crippen LogP contribution < -0.4 is 10.5 Å². The van der Waals surface area contributed by atoms with Crippen molar-refractivity contribution in [1.29, 1.82) is 0 Å². The highest BCUT2D eigenvalue weighted by molar-refractivity contribution is 5.78. The van der Waals surface area contributed by atoms with Gasteiger partial charge in [0.05, 0.1) is 19.7 Å². The lowest BCUT2D eigenvalue weighted by Crippen LogP contribution is -2.43. The third-order valence-corrected chi connectivity index (χ3v) is 6.31. The second kappa shape index (κ2) is 9.80. The molecular formula is C27H30N2O2. The number of rotatable bonds is 7. The summed E-state index contributed by atoms with van der Waals surface area (Å²) in [6.07, 6.45) is 2.89. The van der Waals surface area contributed by atoms with Gasteiger partial charge in [0, 0.05) is 6.54 Å². The van der Waals surface area contributed by atoms with Gasteiger partial charge in [-0.05, 0) is 53.5 Å². The number of carbonyl (C=O) groups excluding carboxylic acids is 1. The summed E-state index contributed by atoms with van der Waals surface area (Å²) in [7, 11) is 1.71. The van der Waals surface area contributed by atoms with Gasteiger partial charge in [0.15, 0.2) is 0 Å². The molecule has 0 heterocycles. The molecule has 2 atom stereocenters. The Hall–Kier alpha value is -3.11. The number of nitrogens with two attached hydrogens (primary N) is 1. The van der Waals surface area contributed by atoms with Crippen LogP contribution in [0.15, 0.2) is 78.9 Å². The fourth-order valence-corrected chi connectivity index (χ4v) is 4.83. The molecule has 2 unspecified atom stereocenters. The van der Waals surface area contributed by atoms with E-state index in [2.05, 4.69) is 48.5 Å². The van der Waals surface area contributed by atoms with Gasteiger partial charge >= 0.3 is 0 Å². The van der Waals surface area contributed by atoms with E-state index in [-0.39, 0.29) is 24.4 Å². The van der Waals surface area contributed by atoms with Crippen LogP contribution in [0.4, 0.5) is 0 Å². The van der Waals surface area contributed by atoms with Crippen LogP contribution in [-0.4, -0.2) is 24.5 Å². The molecule has 4 heteroatoms. The number of fused-ring (bicyclic) bond motifs is 1. The highest BCUT2D eigenvalue weighted by atomic mass is 16.5. The Balaban J connectivity index is 1.74. The Kier molecular flexibility index (Phi) is 6.68. The number of carbonyl (C=O) groups is 1. The summed E-state index contributed by atoms with van der Waals surface area (Å²) in [4.78, 5) is 15.1. The Labute approximate surface area is 184 Å². The predicted octanol–water partition coefficient (Wildman–Crippen LogP) is 4.53. The van der Waals surface area contributed by atoms with Crippen molar-refractivity contribution in [2.45, 2.75) is 31.8 Å². The summed E-state index contributed by atoms with van der Waals surface area (Å²) >= 11 is 0. The number of nitrogens with zero attached hydrogens (tertiary/aromatic N) is 1. The molecule has 0 radical (unpaired) electrons. The maximum absolute atomic E-state index is 13.1. The summed E-state index contributed by atoms with van der Waals surface area (Å²) in [5, 5.41) is 0. The van der Waals surface area contributed by atoms with E-state index in [0.717, 1.165) is 30.6 Å². The van der Waals surface area contributed by atoms with Gasteiger partial charge in [-0.1, -0.05) is 72.8 Å². The highest BCUT2D eigenvalue weighted by Gasteiger charge is 2.36. The number of aryl methyl sites for hydroxylation is 1. The van der Waals surface area contributed by atoms with E-state index in [1.807, 2.05) is 35.2 Å². The quantitative estimate of drug-likeness (QED) is 0.618. The Morgan fingerprint density at radius 2 is 1.71 bits per heavy atom. The second-order valence-electron chi connectivity index (χ2n) is 8.17. The number of para-hydroxylation sites is 1. The topological polar surface area (TPSA) is 55.6 Å². The van der Waals surface area contributed by atoms with Crippen LogP contribution in [0.25, 0.3) is 0 Å². The first-order chi connectivity index (χ1) is 15.2. The van der Waals surface area contributed by atoms with Crippen molar-refractivity contribution in [3.63, 3.8) is 0 Å². The molecule has 0 aromatic heterocycles. The van der Waals surface area contributed by atoms with Crippen molar-refractivity contribution in [1.82, 2.24) is 4.90 Å². The van der Waals surface area contributed by atoms with Crippen LogP contribution in [0.3, 0.4) is 0 Å². The number of benzene rings is 3. The van der Waals surface area contributed by atoms with Gasteiger partial charge in [-0.2, -0.15) is 0 Å². The molecule has 1 aliphatic rings. The van der Waals surface area contributed by atoms with Gasteiger partial charge in [-0.15, -0.1) is 0 Å². The molecule has 3 aromatic rings. The number of methoxy groups -OCH3 is 1. The Morgan fingerprint density at radius 1 is 1.00 bits per heavy atom. The van der Waals surface area contributed by atoms with Crippen molar-refractivity contribution in [2.24, 2.45) is 11.7 Å². The van der Waals surface area contributed by atoms with Gasteiger partial charge in [-0.3, -0.25) is 4.79 Å². The van der Waals surface area contributed by atoms with Crippen molar-refractivity contribution >= 4 is 5.91 Å². The molecule has 0 fully saturated rings. The minimum atomic E-state index is -0.0221. The normalized spacial score (nSPS) is 17.6. The van der Waals surface area contributed by atoms with E-state index in [4.69, 9.17) is 10.5 Å². The second-order valence-corrected chi connectivity index (χ2v) is 8.17. The van der Waals surface area contributed by atoms with Gasteiger partial charge in [0.1, 0.15) is 5.75 Å². The standard InChI is InChI=1S/C27H30N2O2/c1-31-25-14-8-6-12-22(25)17-23-16-15-21-11-5-7-13-24(21)27(23)29(26(30)18-28)19-20-9-3-2-4-10-20/h2-14,23,27H,15-19,28H2,1H3. The number of ether oxygens (including phenoxy) is 1. The van der Waals surface area contributed by atoms with Gasteiger partial charge < -0.3 is 15.4 Å². The lowest BCUT2D eigenvalue weighted by Gasteiger charge is -2.41. The first-order valence-electron chi connectivity index (χ1n) is 10.9. The van der Waals surface area contributed by atoms with E-state index in [1.54, 1.807) is 7.11 Å². The minimum absolute atomic E-state index is 0.00682. The monoisotopic (exact) mass is 414 g/mol. The van der Waals surface area contributed by atoms with Gasteiger partial charge in [0.2, 0.25) is 5.91 Å². The van der Waals surface area contributed by atoms with Crippen LogP contribution in [0.2, 0.25) is 0 Å². The summed E-state index contributed by atoms with van der Waals surface area (Å²) in [6.45, 7) is 0.561. The van der Waals surface area contributed by atoms with Gasteiger partial charge in [-0.25, -0.2) is 0 Å². The molecule has 160 valence electrons. The molecule has 0 aliphatic heterocycles. The lowest BCUT2D eigenvalue weighted by atomic mass is 9.76. The van der Waals surface area contributed by atoms with Crippen LogP contribution in [0.5, 0.6) is 5.75 Å². The molecule has 1 aliphatic carbocycles. The fourth-order valence-electron chi connectivity index (χ4n) is 4.83. The third-order valence-electron chi connectivity index (χ3n) is 6.31. The molecule has 2 N–H and O–H groups in total. The zero-order valence-electron chi connectivity index (χ0n) is 18.0. The first-order valence-corrected chi connectivity index (χ1v) is 10.9. The molecule has 31 heavy (non-hydrogen) atoms. The van der Waals surface area contributed by atoms with Crippen molar-refractivity contribution < 1.29 is 9.53 Å². The molecule has 0 saturated heterocycles. The maximum Gasteiger partial charge on any atom is 0.237 e. The summed E-state index contributed by atoms with van der Waals surface area (Å²) < 4.78 is 5.62. The fraction of sp³-hybridized carbons (Fsp3) is 0.296. The van der Waals surface area contributed by atoms with E-state index in [9.17, 15) is 4.79 Å². The predicted molar refractivity (Wildman–Crippen MR) is 124 cm³/mol. The zero-order valence-corrected chi connectivity index (χ0v) is 18.0. The lowest BCUT2D eigenvalue weighted by molar-refractivity contribution is -0.134. The summed E-state index contributed by atoms with van der Waals surface area (Å²) in [5.41, 5.74) is 10.7. The van der Waals surface area contributed by atoms with Crippen molar-refractivity contribution in [3.05, 3.63) is 101 Å². The largest absolute Gasteiger partial charge is 0.496 e. The third kappa shape index (κ3) is 4.64. The molecule has 0 bridgehead atoms. The average molecular weight is 415 g/mol. The Bertz CT molecular complexity index is 1020. The SMILES string of the molecule is COc1ccccc1CC1CCc2ccccc2C1N(Cc1ccccc1)C(=O)CN. The smallest absolute Gasteiger partial charge is 0.237 e. The van der Waals surface area contributed by atoms with E-state index in [0.29, 0.717) is 6.54 Å². The maximum atomic E-state index is 13.1. The highest BCUT2D eigenvalue weighted by Crippen LogP contribution is 2.42. The molecule has 4 nitrogen and oxygen atoms in total. The molecular weight excluding hydrogens is 384 g/mol. The number of hydrogen-bond acceptors (Lipinski definition) is 3. The van der Waals surface area contributed by atoms with Crippen LogP contribution in [-0.2, 0) is 24.2 Å². The summed E-state index contributed by atoms with van der Waals surface area (Å²) in [5.74, 6) is 1.17.